The Hall–Kier alpha value is -2.69. The van der Waals surface area contributed by atoms with E-state index in [9.17, 15) is 9.59 Å². The fraction of sp³-hybridized carbons (Fsp3) is 0.409. The van der Waals surface area contributed by atoms with E-state index >= 15 is 0 Å². The summed E-state index contributed by atoms with van der Waals surface area (Å²) in [5.41, 5.74) is 2.04. The third kappa shape index (κ3) is 5.39. The number of pyridine rings is 1. The normalized spacial score (nSPS) is 18.0. The average molecular weight is 365 g/mol. The molecular formula is C22H27N3O2. The number of nitrogens with one attached hydrogen (secondary N) is 1. The molecule has 2 atom stereocenters. The summed E-state index contributed by atoms with van der Waals surface area (Å²) in [7, 11) is 0. The van der Waals surface area contributed by atoms with Gasteiger partial charge in [-0.15, -0.1) is 0 Å². The first-order valence-electron chi connectivity index (χ1n) is 9.63. The lowest BCUT2D eigenvalue weighted by atomic mass is 9.88. The number of nitrogens with zero attached hydrogens (tertiary/aromatic N) is 2. The Balaban J connectivity index is 1.64. The molecule has 2 aromatic rings. The van der Waals surface area contributed by atoms with Crippen LogP contribution in [0.2, 0.25) is 0 Å². The summed E-state index contributed by atoms with van der Waals surface area (Å²) >= 11 is 0. The van der Waals surface area contributed by atoms with Gasteiger partial charge in [-0.25, -0.2) is 0 Å². The highest BCUT2D eigenvalue weighted by atomic mass is 16.2. The van der Waals surface area contributed by atoms with Crippen molar-refractivity contribution in [1.82, 2.24) is 15.2 Å². The number of aryl methyl sites for hydroxylation is 1. The second-order valence-electron chi connectivity index (χ2n) is 7.16. The van der Waals surface area contributed by atoms with Crippen LogP contribution in [-0.4, -0.2) is 34.8 Å². The molecule has 1 aliphatic rings. The quantitative estimate of drug-likeness (QED) is 0.855. The zero-order valence-electron chi connectivity index (χ0n) is 15.8. The van der Waals surface area contributed by atoms with Crippen molar-refractivity contribution in [3.8, 4) is 0 Å². The van der Waals surface area contributed by atoms with Gasteiger partial charge in [0.25, 0.3) is 0 Å². The van der Waals surface area contributed by atoms with E-state index in [2.05, 4.69) is 22.4 Å². The van der Waals surface area contributed by atoms with Gasteiger partial charge < -0.3 is 10.2 Å². The van der Waals surface area contributed by atoms with Gasteiger partial charge in [-0.05, 0) is 37.0 Å². The maximum atomic E-state index is 12.7. The standard InChI is InChI=1S/C22H27N3O2/c1-17(26)24-22(20-11-5-6-14-23-20)19-10-7-15-25(16-19)21(27)13-12-18-8-3-2-4-9-18/h2-6,8-9,11,14,19,22H,7,10,12-13,15-16H2,1H3,(H,24,26). The molecule has 1 aromatic heterocycles. The second kappa shape index (κ2) is 9.31. The fourth-order valence-corrected chi connectivity index (χ4v) is 3.77. The molecule has 0 radical (unpaired) electrons. The minimum Gasteiger partial charge on any atom is -0.348 e. The smallest absolute Gasteiger partial charge is 0.222 e. The molecule has 5 heteroatoms. The number of piperidine rings is 1. The molecule has 1 saturated heterocycles. The third-order valence-corrected chi connectivity index (χ3v) is 5.12. The number of hydrogen-bond donors (Lipinski definition) is 1. The first-order valence-corrected chi connectivity index (χ1v) is 9.63. The van der Waals surface area contributed by atoms with Gasteiger partial charge in [0.05, 0.1) is 11.7 Å². The molecule has 2 unspecified atom stereocenters. The monoisotopic (exact) mass is 365 g/mol. The minimum atomic E-state index is -0.159. The third-order valence-electron chi connectivity index (χ3n) is 5.12. The van der Waals surface area contributed by atoms with Crippen molar-refractivity contribution in [3.05, 3.63) is 66.0 Å². The SMILES string of the molecule is CC(=O)NC(c1ccccn1)C1CCCN(C(=O)CCc2ccccc2)C1. The van der Waals surface area contributed by atoms with Gasteiger partial charge in [0.2, 0.25) is 11.8 Å². The van der Waals surface area contributed by atoms with Crippen LogP contribution in [0.1, 0.15) is 43.5 Å². The highest BCUT2D eigenvalue weighted by molar-refractivity contribution is 5.76. The maximum absolute atomic E-state index is 12.7. The van der Waals surface area contributed by atoms with Crippen molar-refractivity contribution >= 4 is 11.8 Å². The molecule has 1 fully saturated rings. The number of aromatic nitrogens is 1. The van der Waals surface area contributed by atoms with Crippen LogP contribution < -0.4 is 5.32 Å². The number of carbonyl (C=O) groups is 2. The van der Waals surface area contributed by atoms with E-state index in [0.29, 0.717) is 13.0 Å². The molecule has 0 bridgehead atoms. The van der Waals surface area contributed by atoms with E-state index in [-0.39, 0.29) is 23.8 Å². The van der Waals surface area contributed by atoms with Gasteiger partial charge >= 0.3 is 0 Å². The van der Waals surface area contributed by atoms with E-state index in [1.165, 1.54) is 12.5 Å². The number of carbonyl (C=O) groups excluding carboxylic acids is 2. The topological polar surface area (TPSA) is 62.3 Å². The van der Waals surface area contributed by atoms with Crippen molar-refractivity contribution < 1.29 is 9.59 Å². The fourth-order valence-electron chi connectivity index (χ4n) is 3.77. The van der Waals surface area contributed by atoms with Crippen LogP contribution in [0.4, 0.5) is 0 Å². The zero-order valence-corrected chi connectivity index (χ0v) is 15.8. The predicted octanol–water partition coefficient (Wildman–Crippen LogP) is 3.13. The van der Waals surface area contributed by atoms with Crippen molar-refractivity contribution in [3.63, 3.8) is 0 Å². The molecule has 0 spiro atoms. The Morgan fingerprint density at radius 2 is 1.96 bits per heavy atom. The summed E-state index contributed by atoms with van der Waals surface area (Å²) < 4.78 is 0. The van der Waals surface area contributed by atoms with Gasteiger partial charge in [-0.3, -0.25) is 14.6 Å². The zero-order chi connectivity index (χ0) is 19.1. The van der Waals surface area contributed by atoms with Gasteiger partial charge in [-0.1, -0.05) is 36.4 Å². The van der Waals surface area contributed by atoms with E-state index in [1.54, 1.807) is 6.20 Å². The second-order valence-corrected chi connectivity index (χ2v) is 7.16. The Kier molecular flexibility index (Phi) is 6.58. The molecule has 1 N–H and O–H groups in total. The lowest BCUT2D eigenvalue weighted by Crippen LogP contribution is -2.45. The Labute approximate surface area is 160 Å². The van der Waals surface area contributed by atoms with E-state index in [1.807, 2.05) is 41.3 Å². The summed E-state index contributed by atoms with van der Waals surface area (Å²) in [4.78, 5) is 30.8. The lowest BCUT2D eigenvalue weighted by Gasteiger charge is -2.37. The molecule has 27 heavy (non-hydrogen) atoms. The van der Waals surface area contributed by atoms with E-state index in [4.69, 9.17) is 0 Å². The number of benzene rings is 1. The van der Waals surface area contributed by atoms with Crippen LogP contribution in [0.25, 0.3) is 0 Å². The molecule has 1 aliphatic heterocycles. The lowest BCUT2D eigenvalue weighted by molar-refractivity contribution is -0.133. The van der Waals surface area contributed by atoms with Crippen molar-refractivity contribution in [1.29, 1.82) is 0 Å². The first-order chi connectivity index (χ1) is 13.1. The number of hydrogen-bond acceptors (Lipinski definition) is 3. The highest BCUT2D eigenvalue weighted by Crippen LogP contribution is 2.29. The summed E-state index contributed by atoms with van der Waals surface area (Å²) in [5, 5.41) is 3.04. The van der Waals surface area contributed by atoms with E-state index in [0.717, 1.165) is 31.5 Å². The predicted molar refractivity (Wildman–Crippen MR) is 105 cm³/mol. The number of likely N-dealkylation sites (tertiary alicyclic amines) is 1. The molecule has 142 valence electrons. The number of rotatable bonds is 6. The molecule has 3 rings (SSSR count). The van der Waals surface area contributed by atoms with Gasteiger partial charge in [0.1, 0.15) is 0 Å². The summed E-state index contributed by atoms with van der Waals surface area (Å²) in [5.74, 6) is 0.294. The summed E-state index contributed by atoms with van der Waals surface area (Å²) in [6, 6.07) is 15.7. The Morgan fingerprint density at radius 1 is 1.19 bits per heavy atom. The molecule has 5 nitrogen and oxygen atoms in total. The largest absolute Gasteiger partial charge is 0.348 e. The number of amides is 2. The summed E-state index contributed by atoms with van der Waals surface area (Å²) in [6.45, 7) is 2.98. The van der Waals surface area contributed by atoms with Crippen LogP contribution >= 0.6 is 0 Å². The highest BCUT2D eigenvalue weighted by Gasteiger charge is 2.31. The minimum absolute atomic E-state index is 0.0711. The van der Waals surface area contributed by atoms with Crippen molar-refractivity contribution in [2.75, 3.05) is 13.1 Å². The Bertz CT molecular complexity index is 749. The van der Waals surface area contributed by atoms with Crippen molar-refractivity contribution in [2.24, 2.45) is 5.92 Å². The van der Waals surface area contributed by atoms with Crippen LogP contribution in [0.15, 0.2) is 54.7 Å². The van der Waals surface area contributed by atoms with Crippen LogP contribution in [0.5, 0.6) is 0 Å². The molecule has 0 aliphatic carbocycles. The molecule has 0 saturated carbocycles. The molecular weight excluding hydrogens is 338 g/mol. The molecule has 2 heterocycles. The maximum Gasteiger partial charge on any atom is 0.222 e. The van der Waals surface area contributed by atoms with Crippen LogP contribution in [0.3, 0.4) is 0 Å². The van der Waals surface area contributed by atoms with Gasteiger partial charge in [0.15, 0.2) is 0 Å². The van der Waals surface area contributed by atoms with Gasteiger partial charge in [-0.2, -0.15) is 0 Å². The van der Waals surface area contributed by atoms with Crippen LogP contribution in [-0.2, 0) is 16.0 Å². The van der Waals surface area contributed by atoms with E-state index < -0.39 is 0 Å². The Morgan fingerprint density at radius 3 is 2.67 bits per heavy atom. The first kappa shape index (κ1) is 19.1. The molecule has 1 aromatic carbocycles. The van der Waals surface area contributed by atoms with Crippen LogP contribution in [0, 0.1) is 5.92 Å². The van der Waals surface area contributed by atoms with Crippen molar-refractivity contribution in [2.45, 2.75) is 38.6 Å². The molecule has 2 amide bonds. The average Bonchev–Trinajstić information content (AvgIpc) is 2.71. The van der Waals surface area contributed by atoms with Gasteiger partial charge in [0, 0.05) is 38.5 Å². The summed E-state index contributed by atoms with van der Waals surface area (Å²) in [6.07, 6.45) is 4.95.